The van der Waals surface area contributed by atoms with E-state index < -0.39 is 0 Å². The van der Waals surface area contributed by atoms with Crippen molar-refractivity contribution < 1.29 is 4.74 Å². The van der Waals surface area contributed by atoms with Crippen molar-refractivity contribution in [2.75, 3.05) is 48.5 Å². The molecule has 3 aromatic rings. The molecule has 0 unspecified atom stereocenters. The van der Waals surface area contributed by atoms with Crippen molar-refractivity contribution in [1.29, 1.82) is 0 Å². The number of hydrazone groups is 1. The van der Waals surface area contributed by atoms with Crippen molar-refractivity contribution in [3.8, 4) is 5.75 Å². The first-order chi connectivity index (χ1) is 15.3. The molecular formula is C23H27N7O. The summed E-state index contributed by atoms with van der Waals surface area (Å²) in [6, 6.07) is 12.2. The van der Waals surface area contributed by atoms with Crippen LogP contribution in [-0.4, -0.2) is 54.5 Å². The zero-order valence-electron chi connectivity index (χ0n) is 17.8. The third kappa shape index (κ3) is 4.10. The maximum absolute atomic E-state index is 5.56. The smallest absolute Gasteiger partial charge is 0.250 e. The zero-order valence-corrected chi connectivity index (χ0v) is 17.8. The first-order valence-electron chi connectivity index (χ1n) is 10.9. The molecule has 0 radical (unpaired) electrons. The standard InChI is InChI=1S/C23H27N7O/c1-31-20-11-10-17-8-2-3-9-18(17)19(20)16-24-28-21-25-22(29-12-4-5-13-29)27-23(26-21)30-14-6-7-15-30/h2-3,8-11,16H,4-7,12-15H2,1H3,(H,25,26,27,28)/b24-16+. The van der Waals surface area contributed by atoms with E-state index in [2.05, 4.69) is 48.5 Å². The van der Waals surface area contributed by atoms with Gasteiger partial charge < -0.3 is 14.5 Å². The Labute approximate surface area is 182 Å². The minimum absolute atomic E-state index is 0.467. The number of hydrogen-bond donors (Lipinski definition) is 1. The Morgan fingerprint density at radius 1 is 0.871 bits per heavy atom. The second kappa shape index (κ2) is 8.75. The Morgan fingerprint density at radius 3 is 2.16 bits per heavy atom. The van der Waals surface area contributed by atoms with Crippen LogP contribution in [0.15, 0.2) is 41.5 Å². The molecule has 0 amide bonds. The molecule has 31 heavy (non-hydrogen) atoms. The van der Waals surface area contributed by atoms with E-state index in [0.717, 1.165) is 60.2 Å². The van der Waals surface area contributed by atoms with Gasteiger partial charge in [0.15, 0.2) is 0 Å². The lowest BCUT2D eigenvalue weighted by Gasteiger charge is -2.20. The van der Waals surface area contributed by atoms with Crippen LogP contribution in [0.2, 0.25) is 0 Å². The quantitative estimate of drug-likeness (QED) is 0.484. The third-order valence-corrected chi connectivity index (χ3v) is 5.90. The van der Waals surface area contributed by atoms with Crippen molar-refractivity contribution in [2.45, 2.75) is 25.7 Å². The van der Waals surface area contributed by atoms with Gasteiger partial charge in [0.05, 0.1) is 13.3 Å². The van der Waals surface area contributed by atoms with Crippen molar-refractivity contribution in [2.24, 2.45) is 5.10 Å². The summed E-state index contributed by atoms with van der Waals surface area (Å²) in [6.45, 7) is 3.94. The van der Waals surface area contributed by atoms with Crippen molar-refractivity contribution in [1.82, 2.24) is 15.0 Å². The molecule has 5 rings (SSSR count). The summed E-state index contributed by atoms with van der Waals surface area (Å²) in [7, 11) is 1.67. The lowest BCUT2D eigenvalue weighted by atomic mass is 10.0. The Morgan fingerprint density at radius 2 is 1.52 bits per heavy atom. The second-order valence-electron chi connectivity index (χ2n) is 7.92. The van der Waals surface area contributed by atoms with Gasteiger partial charge >= 0.3 is 0 Å². The van der Waals surface area contributed by atoms with Gasteiger partial charge in [-0.15, -0.1) is 0 Å². The highest BCUT2D eigenvalue weighted by molar-refractivity contribution is 6.02. The fraction of sp³-hybridized carbons (Fsp3) is 0.391. The number of ether oxygens (including phenoxy) is 1. The summed E-state index contributed by atoms with van der Waals surface area (Å²) in [5, 5.41) is 6.68. The molecule has 8 heteroatoms. The van der Waals surface area contributed by atoms with Crippen LogP contribution < -0.4 is 20.0 Å². The summed E-state index contributed by atoms with van der Waals surface area (Å²) in [4.78, 5) is 18.5. The van der Waals surface area contributed by atoms with Gasteiger partial charge in [0.1, 0.15) is 5.75 Å². The molecule has 0 atom stereocenters. The molecule has 0 saturated carbocycles. The molecule has 1 aromatic heterocycles. The summed E-state index contributed by atoms with van der Waals surface area (Å²) in [5.74, 6) is 2.70. The van der Waals surface area contributed by atoms with E-state index in [1.807, 2.05) is 18.2 Å². The Balaban J connectivity index is 1.44. The number of aromatic nitrogens is 3. The number of rotatable bonds is 6. The average Bonchev–Trinajstić information content (AvgIpc) is 3.53. The van der Waals surface area contributed by atoms with Gasteiger partial charge in [-0.25, -0.2) is 5.43 Å². The van der Waals surface area contributed by atoms with Gasteiger partial charge in [-0.1, -0.05) is 30.3 Å². The summed E-state index contributed by atoms with van der Waals surface area (Å²) < 4.78 is 5.56. The fourth-order valence-electron chi connectivity index (χ4n) is 4.26. The highest BCUT2D eigenvalue weighted by atomic mass is 16.5. The van der Waals surface area contributed by atoms with Gasteiger partial charge in [0.2, 0.25) is 17.8 Å². The largest absolute Gasteiger partial charge is 0.496 e. The van der Waals surface area contributed by atoms with Gasteiger partial charge in [-0.3, -0.25) is 0 Å². The normalized spacial score (nSPS) is 16.5. The lowest BCUT2D eigenvalue weighted by molar-refractivity contribution is 0.415. The molecule has 2 aliphatic rings. The topological polar surface area (TPSA) is 78.8 Å². The molecule has 2 aliphatic heterocycles. The first-order valence-corrected chi connectivity index (χ1v) is 10.9. The molecule has 0 aliphatic carbocycles. The predicted molar refractivity (Wildman–Crippen MR) is 124 cm³/mol. The lowest BCUT2D eigenvalue weighted by Crippen LogP contribution is -2.25. The number of fused-ring (bicyclic) bond motifs is 1. The predicted octanol–water partition coefficient (Wildman–Crippen LogP) is 3.68. The number of benzene rings is 2. The Hall–Kier alpha value is -3.42. The van der Waals surface area contributed by atoms with Crippen molar-refractivity contribution in [3.05, 3.63) is 42.0 Å². The molecule has 0 bridgehead atoms. The molecular weight excluding hydrogens is 390 g/mol. The minimum Gasteiger partial charge on any atom is -0.496 e. The molecule has 2 saturated heterocycles. The van der Waals surface area contributed by atoms with Crippen LogP contribution in [0, 0.1) is 0 Å². The molecule has 3 heterocycles. The maximum Gasteiger partial charge on any atom is 0.250 e. The zero-order chi connectivity index (χ0) is 21.0. The third-order valence-electron chi connectivity index (χ3n) is 5.90. The van der Waals surface area contributed by atoms with Crippen LogP contribution in [0.4, 0.5) is 17.8 Å². The monoisotopic (exact) mass is 417 g/mol. The molecule has 2 fully saturated rings. The van der Waals surface area contributed by atoms with E-state index in [1.165, 1.54) is 25.7 Å². The van der Waals surface area contributed by atoms with Crippen molar-refractivity contribution >= 4 is 34.8 Å². The molecule has 8 nitrogen and oxygen atoms in total. The van der Waals surface area contributed by atoms with E-state index in [1.54, 1.807) is 13.3 Å². The highest BCUT2D eigenvalue weighted by Crippen LogP contribution is 2.27. The summed E-state index contributed by atoms with van der Waals surface area (Å²) >= 11 is 0. The number of hydrogen-bond acceptors (Lipinski definition) is 8. The van der Waals surface area contributed by atoms with Crippen LogP contribution in [-0.2, 0) is 0 Å². The van der Waals surface area contributed by atoms with Gasteiger partial charge in [0, 0.05) is 31.7 Å². The molecule has 0 spiro atoms. The number of nitrogens with zero attached hydrogens (tertiary/aromatic N) is 6. The first kappa shape index (κ1) is 19.5. The SMILES string of the molecule is COc1ccc2ccccc2c1/C=N/Nc1nc(N2CCCC2)nc(N2CCCC2)n1. The maximum atomic E-state index is 5.56. The van der Waals surface area contributed by atoms with Crippen LogP contribution in [0.25, 0.3) is 10.8 Å². The highest BCUT2D eigenvalue weighted by Gasteiger charge is 2.21. The Kier molecular flexibility index (Phi) is 5.52. The fourth-order valence-corrected chi connectivity index (χ4v) is 4.26. The van der Waals surface area contributed by atoms with Crippen LogP contribution >= 0.6 is 0 Å². The van der Waals surface area contributed by atoms with Crippen LogP contribution in [0.3, 0.4) is 0 Å². The average molecular weight is 418 g/mol. The van der Waals surface area contributed by atoms with E-state index >= 15 is 0 Å². The van der Waals surface area contributed by atoms with E-state index in [0.29, 0.717) is 5.95 Å². The van der Waals surface area contributed by atoms with Crippen molar-refractivity contribution in [3.63, 3.8) is 0 Å². The molecule has 2 aromatic carbocycles. The van der Waals surface area contributed by atoms with Gasteiger partial charge in [0.25, 0.3) is 0 Å². The van der Waals surface area contributed by atoms with Gasteiger partial charge in [-0.05, 0) is 42.5 Å². The Bertz CT molecular complexity index is 1050. The van der Waals surface area contributed by atoms with E-state index in [-0.39, 0.29) is 0 Å². The minimum atomic E-state index is 0.467. The summed E-state index contributed by atoms with van der Waals surface area (Å²) in [6.07, 6.45) is 6.47. The number of anilines is 3. The molecule has 1 N–H and O–H groups in total. The molecule has 160 valence electrons. The van der Waals surface area contributed by atoms with Gasteiger partial charge in [-0.2, -0.15) is 20.1 Å². The van der Waals surface area contributed by atoms with E-state index in [9.17, 15) is 0 Å². The second-order valence-corrected chi connectivity index (χ2v) is 7.92. The summed E-state index contributed by atoms with van der Waals surface area (Å²) in [5.41, 5.74) is 3.95. The van der Waals surface area contributed by atoms with Crippen LogP contribution in [0.5, 0.6) is 5.75 Å². The number of methoxy groups -OCH3 is 1. The number of nitrogens with one attached hydrogen (secondary N) is 1. The van der Waals surface area contributed by atoms with E-state index in [4.69, 9.17) is 9.72 Å². The van der Waals surface area contributed by atoms with Crippen LogP contribution in [0.1, 0.15) is 31.2 Å².